The molecule has 0 amide bonds. The predicted octanol–water partition coefficient (Wildman–Crippen LogP) is 3.33. The van der Waals surface area contributed by atoms with Gasteiger partial charge in [-0.1, -0.05) is 15.9 Å². The number of ether oxygens (including phenoxy) is 1. The molecule has 1 rings (SSSR count). The number of benzene rings is 1. The van der Waals surface area contributed by atoms with Crippen LogP contribution in [0.5, 0.6) is 5.75 Å². The lowest BCUT2D eigenvalue weighted by atomic mass is 10.2. The van der Waals surface area contributed by atoms with E-state index in [-0.39, 0.29) is 6.10 Å². The first-order chi connectivity index (χ1) is 7.49. The average Bonchev–Trinajstić information content (AvgIpc) is 2.17. The van der Waals surface area contributed by atoms with E-state index in [1.165, 1.54) is 6.08 Å². The molecular weight excluding hydrogens is 272 g/mol. The highest BCUT2D eigenvalue weighted by Crippen LogP contribution is 2.25. The first-order valence-electron chi connectivity index (χ1n) is 4.86. The third-order valence-corrected chi connectivity index (χ3v) is 2.23. The summed E-state index contributed by atoms with van der Waals surface area (Å²) < 4.78 is 6.45. The van der Waals surface area contributed by atoms with Gasteiger partial charge in [0, 0.05) is 16.1 Å². The predicted molar refractivity (Wildman–Crippen MR) is 66.6 cm³/mol. The normalized spacial score (nSPS) is 11.0. The summed E-state index contributed by atoms with van der Waals surface area (Å²) in [7, 11) is 0. The molecule has 0 saturated heterocycles. The van der Waals surface area contributed by atoms with Crippen LogP contribution in [0.3, 0.4) is 0 Å². The van der Waals surface area contributed by atoms with Gasteiger partial charge in [-0.2, -0.15) is 0 Å². The number of hydrogen-bond donors (Lipinski definition) is 1. The molecule has 0 saturated carbocycles. The van der Waals surface area contributed by atoms with Crippen molar-refractivity contribution in [1.29, 1.82) is 0 Å². The molecule has 0 bridgehead atoms. The quantitative estimate of drug-likeness (QED) is 0.863. The molecule has 3 nitrogen and oxygen atoms in total. The number of aliphatic carboxylic acids is 1. The van der Waals surface area contributed by atoms with Gasteiger partial charge in [0.05, 0.1) is 6.10 Å². The zero-order valence-corrected chi connectivity index (χ0v) is 10.7. The van der Waals surface area contributed by atoms with Crippen LogP contribution in [0, 0.1) is 0 Å². The highest BCUT2D eigenvalue weighted by atomic mass is 79.9. The fourth-order valence-electron chi connectivity index (χ4n) is 1.17. The first kappa shape index (κ1) is 12.8. The number of carboxylic acids is 1. The molecule has 1 aromatic rings. The zero-order valence-electron chi connectivity index (χ0n) is 9.11. The Morgan fingerprint density at radius 3 is 2.75 bits per heavy atom. The second kappa shape index (κ2) is 5.70. The molecule has 0 aliphatic heterocycles. The molecular formula is C12H13BrO3. The van der Waals surface area contributed by atoms with E-state index >= 15 is 0 Å². The lowest BCUT2D eigenvalue weighted by Gasteiger charge is -2.12. The number of carbonyl (C=O) groups is 1. The van der Waals surface area contributed by atoms with Crippen LogP contribution in [0.2, 0.25) is 0 Å². The smallest absolute Gasteiger partial charge is 0.328 e. The fourth-order valence-corrected chi connectivity index (χ4v) is 1.55. The Labute approximate surface area is 103 Å². The van der Waals surface area contributed by atoms with Crippen molar-refractivity contribution in [2.45, 2.75) is 20.0 Å². The molecule has 16 heavy (non-hydrogen) atoms. The van der Waals surface area contributed by atoms with Crippen LogP contribution in [0.15, 0.2) is 28.7 Å². The standard InChI is InChI=1S/C12H13BrO3/c1-8(2)16-11-5-4-10(13)7-9(11)3-6-12(14)15/h3-8H,1-2H3,(H,14,15)/b6-3+. The Bertz CT molecular complexity index is 411. The van der Waals surface area contributed by atoms with Crippen molar-refractivity contribution >= 4 is 28.0 Å². The van der Waals surface area contributed by atoms with E-state index in [2.05, 4.69) is 15.9 Å². The minimum Gasteiger partial charge on any atom is -0.490 e. The molecule has 1 N–H and O–H groups in total. The second-order valence-electron chi connectivity index (χ2n) is 3.52. The van der Waals surface area contributed by atoms with Crippen LogP contribution in [0.4, 0.5) is 0 Å². The summed E-state index contributed by atoms with van der Waals surface area (Å²) in [5.74, 6) is -0.300. The van der Waals surface area contributed by atoms with Crippen LogP contribution in [-0.4, -0.2) is 17.2 Å². The fraction of sp³-hybridized carbons (Fsp3) is 0.250. The van der Waals surface area contributed by atoms with Crippen molar-refractivity contribution in [2.75, 3.05) is 0 Å². The molecule has 0 atom stereocenters. The van der Waals surface area contributed by atoms with E-state index in [4.69, 9.17) is 9.84 Å². The van der Waals surface area contributed by atoms with Gasteiger partial charge >= 0.3 is 5.97 Å². The van der Waals surface area contributed by atoms with Crippen LogP contribution in [-0.2, 0) is 4.79 Å². The van der Waals surface area contributed by atoms with Gasteiger partial charge in [-0.3, -0.25) is 0 Å². The Morgan fingerprint density at radius 1 is 1.50 bits per heavy atom. The second-order valence-corrected chi connectivity index (χ2v) is 4.44. The van der Waals surface area contributed by atoms with Crippen LogP contribution in [0.25, 0.3) is 6.08 Å². The van der Waals surface area contributed by atoms with E-state index in [1.54, 1.807) is 0 Å². The van der Waals surface area contributed by atoms with E-state index < -0.39 is 5.97 Å². The molecule has 4 heteroatoms. The van der Waals surface area contributed by atoms with Crippen molar-refractivity contribution in [3.05, 3.63) is 34.3 Å². The average molecular weight is 285 g/mol. The zero-order chi connectivity index (χ0) is 12.1. The Balaban J connectivity index is 3.03. The summed E-state index contributed by atoms with van der Waals surface area (Å²) in [6.45, 7) is 3.85. The third-order valence-electron chi connectivity index (χ3n) is 1.74. The Morgan fingerprint density at radius 2 is 2.19 bits per heavy atom. The van der Waals surface area contributed by atoms with Gasteiger partial charge in [0.1, 0.15) is 5.75 Å². The van der Waals surface area contributed by atoms with Crippen LogP contribution >= 0.6 is 15.9 Å². The van der Waals surface area contributed by atoms with Crippen molar-refractivity contribution in [2.24, 2.45) is 0 Å². The molecule has 0 aliphatic rings. The maximum Gasteiger partial charge on any atom is 0.328 e. The minimum absolute atomic E-state index is 0.0538. The molecule has 0 unspecified atom stereocenters. The Hall–Kier alpha value is -1.29. The molecule has 86 valence electrons. The van der Waals surface area contributed by atoms with Crippen molar-refractivity contribution in [3.63, 3.8) is 0 Å². The monoisotopic (exact) mass is 284 g/mol. The number of rotatable bonds is 4. The molecule has 0 radical (unpaired) electrons. The first-order valence-corrected chi connectivity index (χ1v) is 5.65. The van der Waals surface area contributed by atoms with Crippen molar-refractivity contribution in [1.82, 2.24) is 0 Å². The van der Waals surface area contributed by atoms with E-state index in [1.807, 2.05) is 32.0 Å². The SMILES string of the molecule is CC(C)Oc1ccc(Br)cc1/C=C/C(=O)O. The topological polar surface area (TPSA) is 46.5 Å². The molecule has 0 heterocycles. The maximum absolute atomic E-state index is 10.5. The molecule has 0 spiro atoms. The van der Waals surface area contributed by atoms with E-state index in [9.17, 15) is 4.79 Å². The number of halogens is 1. The van der Waals surface area contributed by atoms with E-state index in [0.717, 1.165) is 16.1 Å². The van der Waals surface area contributed by atoms with Crippen LogP contribution in [0.1, 0.15) is 19.4 Å². The maximum atomic E-state index is 10.5. The van der Waals surface area contributed by atoms with Crippen molar-refractivity contribution < 1.29 is 14.6 Å². The Kier molecular flexibility index (Phi) is 4.55. The summed E-state index contributed by atoms with van der Waals surface area (Å²) in [6.07, 6.45) is 2.66. The molecule has 0 aromatic heterocycles. The summed E-state index contributed by atoms with van der Waals surface area (Å²) in [5, 5.41) is 8.58. The third kappa shape index (κ3) is 4.06. The van der Waals surface area contributed by atoms with Gasteiger partial charge in [0.25, 0.3) is 0 Å². The molecule has 0 fully saturated rings. The van der Waals surface area contributed by atoms with Crippen molar-refractivity contribution in [3.8, 4) is 5.75 Å². The van der Waals surface area contributed by atoms with Gasteiger partial charge in [0.2, 0.25) is 0 Å². The van der Waals surface area contributed by atoms with Gasteiger partial charge < -0.3 is 9.84 Å². The van der Waals surface area contributed by atoms with E-state index in [0.29, 0.717) is 5.75 Å². The summed E-state index contributed by atoms with van der Waals surface area (Å²) in [6, 6.07) is 5.48. The number of carboxylic acid groups (broad SMARTS) is 1. The summed E-state index contributed by atoms with van der Waals surface area (Å²) >= 11 is 3.33. The van der Waals surface area contributed by atoms with Crippen LogP contribution < -0.4 is 4.74 Å². The lowest BCUT2D eigenvalue weighted by Crippen LogP contribution is -2.06. The summed E-state index contributed by atoms with van der Waals surface area (Å²) in [5.41, 5.74) is 0.741. The van der Waals surface area contributed by atoms with Gasteiger partial charge in [0.15, 0.2) is 0 Å². The largest absolute Gasteiger partial charge is 0.490 e. The summed E-state index contributed by atoms with van der Waals surface area (Å²) in [4.78, 5) is 10.5. The number of hydrogen-bond acceptors (Lipinski definition) is 2. The minimum atomic E-state index is -0.976. The lowest BCUT2D eigenvalue weighted by molar-refractivity contribution is -0.131. The molecule has 0 aliphatic carbocycles. The van der Waals surface area contributed by atoms with Gasteiger partial charge in [-0.15, -0.1) is 0 Å². The highest BCUT2D eigenvalue weighted by Gasteiger charge is 2.04. The highest BCUT2D eigenvalue weighted by molar-refractivity contribution is 9.10. The van der Waals surface area contributed by atoms with Gasteiger partial charge in [-0.25, -0.2) is 4.79 Å². The van der Waals surface area contributed by atoms with Gasteiger partial charge in [-0.05, 0) is 38.1 Å². The molecule has 1 aromatic carbocycles.